The van der Waals surface area contributed by atoms with Gasteiger partial charge in [-0.2, -0.15) is 4.98 Å². The summed E-state index contributed by atoms with van der Waals surface area (Å²) in [4.78, 5) is 19.1. The molecule has 0 aliphatic carbocycles. The number of hydrogen-bond acceptors (Lipinski definition) is 8. The van der Waals surface area contributed by atoms with E-state index in [0.717, 1.165) is 17.7 Å². The molecule has 0 unspecified atom stereocenters. The molecular weight excluding hydrogens is 368 g/mol. The van der Waals surface area contributed by atoms with Crippen LogP contribution in [0.2, 0.25) is 0 Å². The zero-order chi connectivity index (χ0) is 20.2. The molecule has 0 fully saturated rings. The lowest BCUT2D eigenvalue weighted by Gasteiger charge is -2.09. The Balaban J connectivity index is 1.57. The lowest BCUT2D eigenvalue weighted by atomic mass is 10.1. The number of benzene rings is 1. The van der Waals surface area contributed by atoms with Crippen LogP contribution in [0.4, 0.5) is 0 Å². The van der Waals surface area contributed by atoms with E-state index in [1.165, 1.54) is 5.56 Å². The van der Waals surface area contributed by atoms with Crippen molar-refractivity contribution < 1.29 is 9.26 Å². The fraction of sp³-hybridized carbons (Fsp3) is 0.190. The third-order valence-corrected chi connectivity index (χ3v) is 4.15. The Bertz CT molecular complexity index is 1090. The lowest BCUT2D eigenvalue weighted by Crippen LogP contribution is -2.10. The summed E-state index contributed by atoms with van der Waals surface area (Å²) in [5, 5.41) is 4.09. The highest BCUT2D eigenvalue weighted by molar-refractivity contribution is 5.59. The number of hydrogen-bond donors (Lipinski definition) is 0. The van der Waals surface area contributed by atoms with Crippen LogP contribution < -0.4 is 4.74 Å². The van der Waals surface area contributed by atoms with Gasteiger partial charge < -0.3 is 14.2 Å². The quantitative estimate of drug-likeness (QED) is 0.493. The topological polar surface area (TPSA) is 90.1 Å². The Hall–Kier alpha value is -3.65. The number of aryl methyl sites for hydroxylation is 1. The first-order chi connectivity index (χ1) is 14.1. The molecule has 0 aliphatic heterocycles. The summed E-state index contributed by atoms with van der Waals surface area (Å²) in [5.74, 6) is 1.40. The van der Waals surface area contributed by atoms with E-state index in [2.05, 4.69) is 42.1 Å². The van der Waals surface area contributed by atoms with Gasteiger partial charge in [0, 0.05) is 42.3 Å². The zero-order valence-electron chi connectivity index (χ0n) is 16.4. The van der Waals surface area contributed by atoms with Gasteiger partial charge in [0.2, 0.25) is 5.82 Å². The van der Waals surface area contributed by atoms with Gasteiger partial charge in [-0.1, -0.05) is 29.4 Å². The Morgan fingerprint density at radius 1 is 1.03 bits per heavy atom. The SMILES string of the molecule is Cc1cnc(-c2nc(-c3ccc(CN(C)C)cc3)no2)cc1Oc1ncccn1. The minimum absolute atomic E-state index is 0.261. The van der Waals surface area contributed by atoms with Crippen LogP contribution in [0.1, 0.15) is 11.1 Å². The highest BCUT2D eigenvalue weighted by Gasteiger charge is 2.14. The number of ether oxygens (including phenoxy) is 1. The summed E-state index contributed by atoms with van der Waals surface area (Å²) in [6, 6.07) is 11.8. The summed E-state index contributed by atoms with van der Waals surface area (Å²) < 4.78 is 11.2. The van der Waals surface area contributed by atoms with Crippen molar-refractivity contribution in [2.45, 2.75) is 13.5 Å². The van der Waals surface area contributed by atoms with Crippen LogP contribution in [-0.2, 0) is 6.54 Å². The molecule has 8 heteroatoms. The number of rotatable bonds is 6. The summed E-state index contributed by atoms with van der Waals surface area (Å²) in [6.07, 6.45) is 4.93. The lowest BCUT2D eigenvalue weighted by molar-refractivity contribution is 0.402. The molecule has 1 aromatic carbocycles. The van der Waals surface area contributed by atoms with Crippen molar-refractivity contribution in [3.63, 3.8) is 0 Å². The summed E-state index contributed by atoms with van der Waals surface area (Å²) in [7, 11) is 4.08. The molecule has 0 atom stereocenters. The molecular formula is C21H20N6O2. The maximum atomic E-state index is 5.75. The largest absolute Gasteiger partial charge is 0.424 e. The van der Waals surface area contributed by atoms with Gasteiger partial charge >= 0.3 is 6.01 Å². The number of aromatic nitrogens is 5. The molecule has 0 amide bonds. The molecule has 3 aromatic heterocycles. The van der Waals surface area contributed by atoms with E-state index in [1.54, 1.807) is 30.7 Å². The molecule has 4 aromatic rings. The van der Waals surface area contributed by atoms with Crippen molar-refractivity contribution in [3.05, 3.63) is 66.1 Å². The smallest absolute Gasteiger partial charge is 0.321 e. The van der Waals surface area contributed by atoms with Gasteiger partial charge in [0.15, 0.2) is 0 Å². The van der Waals surface area contributed by atoms with Crippen LogP contribution in [0.25, 0.3) is 23.0 Å². The molecule has 0 bridgehead atoms. The minimum Gasteiger partial charge on any atom is -0.424 e. The number of pyridine rings is 1. The van der Waals surface area contributed by atoms with E-state index < -0.39 is 0 Å². The van der Waals surface area contributed by atoms with Gasteiger partial charge in [-0.25, -0.2) is 9.97 Å². The highest BCUT2D eigenvalue weighted by Crippen LogP contribution is 2.28. The van der Waals surface area contributed by atoms with Gasteiger partial charge in [0.1, 0.15) is 11.4 Å². The average Bonchev–Trinajstić information content (AvgIpc) is 3.21. The van der Waals surface area contributed by atoms with Gasteiger partial charge in [-0.05, 0) is 32.6 Å². The van der Waals surface area contributed by atoms with Crippen molar-refractivity contribution in [2.75, 3.05) is 14.1 Å². The van der Waals surface area contributed by atoms with Crippen LogP contribution >= 0.6 is 0 Å². The first kappa shape index (κ1) is 18.7. The molecule has 29 heavy (non-hydrogen) atoms. The minimum atomic E-state index is 0.261. The molecule has 8 nitrogen and oxygen atoms in total. The Kier molecular flexibility index (Phi) is 5.26. The molecule has 3 heterocycles. The number of nitrogens with zero attached hydrogens (tertiary/aromatic N) is 6. The predicted octanol–water partition coefficient (Wildman–Crippen LogP) is 3.75. The van der Waals surface area contributed by atoms with E-state index in [-0.39, 0.29) is 6.01 Å². The first-order valence-corrected chi connectivity index (χ1v) is 9.08. The standard InChI is InChI=1S/C21H20N6O2/c1-14-12-24-17(11-18(14)28-21-22-9-4-10-23-21)20-25-19(26-29-20)16-7-5-15(6-8-16)13-27(2)3/h4-12H,13H2,1-3H3. The molecule has 0 radical (unpaired) electrons. The molecule has 0 aliphatic rings. The van der Waals surface area contributed by atoms with E-state index >= 15 is 0 Å². The fourth-order valence-electron chi connectivity index (χ4n) is 2.74. The van der Waals surface area contributed by atoms with Gasteiger partial charge in [-0.3, -0.25) is 4.98 Å². The molecule has 0 saturated heterocycles. The maximum Gasteiger partial charge on any atom is 0.321 e. The fourth-order valence-corrected chi connectivity index (χ4v) is 2.74. The van der Waals surface area contributed by atoms with Crippen LogP contribution in [0, 0.1) is 6.92 Å². The molecule has 0 spiro atoms. The molecule has 4 rings (SSSR count). The van der Waals surface area contributed by atoms with E-state index in [0.29, 0.717) is 23.2 Å². The second-order valence-electron chi connectivity index (χ2n) is 6.83. The Morgan fingerprint density at radius 2 is 1.79 bits per heavy atom. The van der Waals surface area contributed by atoms with Crippen molar-refractivity contribution in [1.82, 2.24) is 30.0 Å². The van der Waals surface area contributed by atoms with Crippen molar-refractivity contribution >= 4 is 0 Å². The van der Waals surface area contributed by atoms with Crippen molar-refractivity contribution in [3.8, 4) is 34.7 Å². The van der Waals surface area contributed by atoms with Crippen LogP contribution in [-0.4, -0.2) is 44.1 Å². The van der Waals surface area contributed by atoms with E-state index in [9.17, 15) is 0 Å². The second-order valence-corrected chi connectivity index (χ2v) is 6.83. The van der Waals surface area contributed by atoms with Crippen LogP contribution in [0.5, 0.6) is 11.8 Å². The summed E-state index contributed by atoms with van der Waals surface area (Å²) in [6.45, 7) is 2.77. The summed E-state index contributed by atoms with van der Waals surface area (Å²) >= 11 is 0. The zero-order valence-corrected chi connectivity index (χ0v) is 16.4. The molecule has 0 saturated carbocycles. The van der Waals surface area contributed by atoms with Gasteiger partial charge in [0.25, 0.3) is 5.89 Å². The normalized spacial score (nSPS) is 11.0. The van der Waals surface area contributed by atoms with Gasteiger partial charge in [0.05, 0.1) is 0 Å². The van der Waals surface area contributed by atoms with E-state index in [1.807, 2.05) is 33.2 Å². The van der Waals surface area contributed by atoms with Crippen LogP contribution in [0.15, 0.2) is 59.5 Å². The molecule has 146 valence electrons. The summed E-state index contributed by atoms with van der Waals surface area (Å²) in [5.41, 5.74) is 3.46. The second kappa shape index (κ2) is 8.15. The average molecular weight is 388 g/mol. The third-order valence-electron chi connectivity index (χ3n) is 4.15. The maximum absolute atomic E-state index is 5.75. The predicted molar refractivity (Wildman–Crippen MR) is 107 cm³/mol. The Labute approximate surface area is 168 Å². The molecule has 0 N–H and O–H groups in total. The monoisotopic (exact) mass is 388 g/mol. The first-order valence-electron chi connectivity index (χ1n) is 9.08. The van der Waals surface area contributed by atoms with Crippen molar-refractivity contribution in [1.29, 1.82) is 0 Å². The highest BCUT2D eigenvalue weighted by atomic mass is 16.5. The van der Waals surface area contributed by atoms with Gasteiger partial charge in [-0.15, -0.1) is 0 Å². The van der Waals surface area contributed by atoms with Crippen LogP contribution in [0.3, 0.4) is 0 Å². The third kappa shape index (κ3) is 4.44. The van der Waals surface area contributed by atoms with Crippen molar-refractivity contribution in [2.24, 2.45) is 0 Å². The Morgan fingerprint density at radius 3 is 2.52 bits per heavy atom. The van der Waals surface area contributed by atoms with E-state index in [4.69, 9.17) is 9.26 Å².